The predicted octanol–water partition coefficient (Wildman–Crippen LogP) is 5.30. The molecule has 126 valence electrons. The van der Waals surface area contributed by atoms with Crippen LogP contribution in [0.1, 0.15) is 45.4 Å². The van der Waals surface area contributed by atoms with E-state index in [0.29, 0.717) is 16.7 Å². The summed E-state index contributed by atoms with van der Waals surface area (Å²) in [4.78, 5) is 8.86. The van der Waals surface area contributed by atoms with Gasteiger partial charge in [0.25, 0.3) is 0 Å². The van der Waals surface area contributed by atoms with Crippen molar-refractivity contribution in [3.8, 4) is 0 Å². The van der Waals surface area contributed by atoms with Gasteiger partial charge in [-0.25, -0.2) is 9.97 Å². The molecule has 4 saturated carbocycles. The average molecular weight is 342 g/mol. The van der Waals surface area contributed by atoms with Crippen LogP contribution in [-0.4, -0.2) is 16.0 Å². The quantitative estimate of drug-likeness (QED) is 0.770. The van der Waals surface area contributed by atoms with Crippen LogP contribution < -0.4 is 5.32 Å². The normalized spacial score (nSPS) is 35.3. The minimum absolute atomic E-state index is 0.328. The minimum Gasteiger partial charge on any atom is -0.366 e. The molecule has 1 N–H and O–H groups in total. The molecular weight excluding hydrogens is 318 g/mol. The van der Waals surface area contributed by atoms with Gasteiger partial charge in [-0.15, -0.1) is 0 Å². The number of nitrogens with zero attached hydrogens (tertiary/aromatic N) is 2. The highest BCUT2D eigenvalue weighted by atomic mass is 35.5. The molecule has 6 rings (SSSR count). The van der Waals surface area contributed by atoms with Crippen molar-refractivity contribution in [2.75, 3.05) is 5.32 Å². The standard InChI is InChI=1S/C20H24ClN3/c1-12(20-9-13-6-14(10-20)8-15(7-13)11-20)22-18-16-4-2-3-5-17(16)23-19(21)24-18/h2-5,12-15H,6-11H2,1H3,(H,22,23,24)/t12-,13?,14?,15?,20?/m0/s1. The Balaban J connectivity index is 1.48. The molecule has 4 heteroatoms. The van der Waals surface area contributed by atoms with Crippen molar-refractivity contribution < 1.29 is 0 Å². The van der Waals surface area contributed by atoms with E-state index in [1.54, 1.807) is 0 Å². The lowest BCUT2D eigenvalue weighted by atomic mass is 9.48. The zero-order valence-corrected chi connectivity index (χ0v) is 14.9. The van der Waals surface area contributed by atoms with Crippen LogP contribution in [0.15, 0.2) is 24.3 Å². The second-order valence-corrected chi connectivity index (χ2v) is 8.84. The third-order valence-corrected chi connectivity index (χ3v) is 7.10. The van der Waals surface area contributed by atoms with E-state index in [1.807, 2.05) is 18.2 Å². The van der Waals surface area contributed by atoms with Crippen LogP contribution in [0.4, 0.5) is 5.82 Å². The molecule has 0 spiro atoms. The third-order valence-electron chi connectivity index (χ3n) is 6.93. The Hall–Kier alpha value is -1.35. The molecule has 24 heavy (non-hydrogen) atoms. The molecule has 0 unspecified atom stereocenters. The predicted molar refractivity (Wildman–Crippen MR) is 98.2 cm³/mol. The highest BCUT2D eigenvalue weighted by molar-refractivity contribution is 6.28. The van der Waals surface area contributed by atoms with E-state index >= 15 is 0 Å². The first-order valence-corrected chi connectivity index (χ1v) is 9.68. The molecule has 0 aliphatic heterocycles. The van der Waals surface area contributed by atoms with Crippen LogP contribution in [0.5, 0.6) is 0 Å². The van der Waals surface area contributed by atoms with Gasteiger partial charge in [-0.3, -0.25) is 0 Å². The van der Waals surface area contributed by atoms with Crippen LogP contribution in [0.2, 0.25) is 5.28 Å². The molecule has 0 amide bonds. The molecule has 4 aliphatic carbocycles. The monoisotopic (exact) mass is 341 g/mol. The molecule has 0 radical (unpaired) electrons. The topological polar surface area (TPSA) is 37.8 Å². The van der Waals surface area contributed by atoms with Crippen molar-refractivity contribution in [2.24, 2.45) is 23.2 Å². The summed E-state index contributed by atoms with van der Waals surface area (Å²) in [5.41, 5.74) is 1.37. The Bertz CT molecular complexity index is 752. The number of hydrogen-bond acceptors (Lipinski definition) is 3. The number of benzene rings is 1. The van der Waals surface area contributed by atoms with Crippen molar-refractivity contribution in [1.82, 2.24) is 9.97 Å². The van der Waals surface area contributed by atoms with E-state index in [4.69, 9.17) is 11.6 Å². The fourth-order valence-electron chi connectivity index (χ4n) is 6.22. The lowest BCUT2D eigenvalue weighted by Gasteiger charge is -2.59. The summed E-state index contributed by atoms with van der Waals surface area (Å²) in [6.07, 6.45) is 8.62. The molecule has 2 aromatic rings. The molecule has 1 aromatic carbocycles. The van der Waals surface area contributed by atoms with Gasteiger partial charge in [-0.1, -0.05) is 12.1 Å². The van der Waals surface area contributed by atoms with Gasteiger partial charge >= 0.3 is 0 Å². The maximum atomic E-state index is 6.16. The fraction of sp³-hybridized carbons (Fsp3) is 0.600. The zero-order chi connectivity index (χ0) is 16.3. The van der Waals surface area contributed by atoms with Gasteiger partial charge in [0.1, 0.15) is 5.82 Å². The molecular formula is C20H24ClN3. The van der Waals surface area contributed by atoms with E-state index in [2.05, 4.69) is 28.3 Å². The largest absolute Gasteiger partial charge is 0.366 e. The lowest BCUT2D eigenvalue weighted by molar-refractivity contribution is -0.0602. The second kappa shape index (κ2) is 5.32. The van der Waals surface area contributed by atoms with E-state index < -0.39 is 0 Å². The maximum Gasteiger partial charge on any atom is 0.224 e. The molecule has 4 aliphatic rings. The Labute approximate surface area is 148 Å². The van der Waals surface area contributed by atoms with Crippen LogP contribution in [-0.2, 0) is 0 Å². The summed E-state index contributed by atoms with van der Waals surface area (Å²) in [5.74, 6) is 3.79. The summed E-state index contributed by atoms with van der Waals surface area (Å²) in [6, 6.07) is 8.56. The van der Waals surface area contributed by atoms with Gasteiger partial charge in [0, 0.05) is 11.4 Å². The van der Waals surface area contributed by atoms with E-state index in [-0.39, 0.29) is 0 Å². The summed E-state index contributed by atoms with van der Waals surface area (Å²) >= 11 is 6.16. The number of aromatic nitrogens is 2. The summed E-state index contributed by atoms with van der Waals surface area (Å²) in [5, 5.41) is 5.14. The molecule has 4 bridgehead atoms. The van der Waals surface area contributed by atoms with E-state index in [0.717, 1.165) is 34.5 Å². The van der Waals surface area contributed by atoms with Gasteiger partial charge in [-0.05, 0) is 92.4 Å². The second-order valence-electron chi connectivity index (χ2n) is 8.50. The molecule has 1 heterocycles. The van der Waals surface area contributed by atoms with Crippen molar-refractivity contribution in [2.45, 2.75) is 51.5 Å². The molecule has 4 fully saturated rings. The molecule has 1 aromatic heterocycles. The van der Waals surface area contributed by atoms with Crippen molar-refractivity contribution >= 4 is 28.3 Å². The Morgan fingerprint density at radius 2 is 1.67 bits per heavy atom. The number of hydrogen-bond donors (Lipinski definition) is 1. The van der Waals surface area contributed by atoms with Crippen LogP contribution in [0.3, 0.4) is 0 Å². The maximum absolute atomic E-state index is 6.16. The van der Waals surface area contributed by atoms with Crippen molar-refractivity contribution in [1.29, 1.82) is 0 Å². The zero-order valence-electron chi connectivity index (χ0n) is 14.1. The SMILES string of the molecule is C[C@H](Nc1nc(Cl)nc2ccccc12)C12CC3CC(CC(C3)C1)C2. The lowest BCUT2D eigenvalue weighted by Crippen LogP contribution is -2.53. The smallest absolute Gasteiger partial charge is 0.224 e. The number of para-hydroxylation sites is 1. The summed E-state index contributed by atoms with van der Waals surface area (Å²) < 4.78 is 0. The van der Waals surface area contributed by atoms with Crippen LogP contribution in [0, 0.1) is 23.2 Å². The number of anilines is 1. The third kappa shape index (κ3) is 2.32. The molecule has 3 nitrogen and oxygen atoms in total. The number of fused-ring (bicyclic) bond motifs is 1. The van der Waals surface area contributed by atoms with Gasteiger partial charge in [0.15, 0.2) is 0 Å². The number of nitrogens with one attached hydrogen (secondary N) is 1. The Kier molecular flexibility index (Phi) is 3.31. The molecule has 1 atom stereocenters. The number of rotatable bonds is 3. The molecule has 0 saturated heterocycles. The van der Waals surface area contributed by atoms with Gasteiger partial charge < -0.3 is 5.32 Å². The Morgan fingerprint density at radius 1 is 1.04 bits per heavy atom. The highest BCUT2D eigenvalue weighted by Gasteiger charge is 2.53. The van der Waals surface area contributed by atoms with Gasteiger partial charge in [-0.2, -0.15) is 0 Å². The first kappa shape index (κ1) is 14.9. The van der Waals surface area contributed by atoms with E-state index in [9.17, 15) is 0 Å². The average Bonchev–Trinajstić information content (AvgIpc) is 2.53. The minimum atomic E-state index is 0.328. The van der Waals surface area contributed by atoms with Crippen LogP contribution in [0.25, 0.3) is 10.9 Å². The van der Waals surface area contributed by atoms with Gasteiger partial charge in [0.05, 0.1) is 5.52 Å². The van der Waals surface area contributed by atoms with Crippen molar-refractivity contribution in [3.63, 3.8) is 0 Å². The fourth-order valence-corrected chi connectivity index (χ4v) is 6.40. The van der Waals surface area contributed by atoms with E-state index in [1.165, 1.54) is 38.5 Å². The van der Waals surface area contributed by atoms with Crippen molar-refractivity contribution in [3.05, 3.63) is 29.5 Å². The summed E-state index contributed by atoms with van der Waals surface area (Å²) in [6.45, 7) is 2.36. The first-order valence-electron chi connectivity index (χ1n) is 9.30. The Morgan fingerprint density at radius 3 is 2.33 bits per heavy atom. The number of halogens is 1. The first-order chi connectivity index (χ1) is 11.6. The van der Waals surface area contributed by atoms with Gasteiger partial charge in [0.2, 0.25) is 5.28 Å². The summed E-state index contributed by atoms with van der Waals surface area (Å²) in [7, 11) is 0. The highest BCUT2D eigenvalue weighted by Crippen LogP contribution is 2.61. The van der Waals surface area contributed by atoms with Crippen LogP contribution >= 0.6 is 11.6 Å².